The van der Waals surface area contributed by atoms with E-state index in [-0.39, 0.29) is 5.91 Å². The fourth-order valence-corrected chi connectivity index (χ4v) is 2.63. The second-order valence-electron chi connectivity index (χ2n) is 4.16. The van der Waals surface area contributed by atoms with E-state index in [0.29, 0.717) is 0 Å². The van der Waals surface area contributed by atoms with Crippen molar-refractivity contribution in [3.63, 3.8) is 0 Å². The van der Waals surface area contributed by atoms with E-state index in [1.165, 1.54) is 0 Å². The van der Waals surface area contributed by atoms with Crippen molar-refractivity contribution in [2.75, 3.05) is 11.1 Å². The lowest BCUT2D eigenvalue weighted by molar-refractivity contribution is 0.102. The second-order valence-corrected chi connectivity index (χ2v) is 5.30. The molecule has 0 bridgehead atoms. The highest BCUT2D eigenvalue weighted by molar-refractivity contribution is 7.99. The Bertz CT molecular complexity index is 539. The summed E-state index contributed by atoms with van der Waals surface area (Å²) in [7, 11) is 0. The van der Waals surface area contributed by atoms with Gasteiger partial charge < -0.3 is 5.32 Å². The normalized spacial score (nSPS) is 10.2. The maximum atomic E-state index is 12.3. The van der Waals surface area contributed by atoms with Crippen LogP contribution in [0.2, 0.25) is 0 Å². The highest BCUT2D eigenvalue weighted by Gasteiger charge is 2.10. The first-order chi connectivity index (χ1) is 9.31. The molecule has 2 rings (SSSR count). The number of benzene rings is 2. The first kappa shape index (κ1) is 13.7. The van der Waals surface area contributed by atoms with Crippen LogP contribution in [0.25, 0.3) is 0 Å². The summed E-state index contributed by atoms with van der Waals surface area (Å²) in [6, 6.07) is 17.3. The average Bonchev–Trinajstić information content (AvgIpc) is 2.46. The molecule has 0 heterocycles. The summed E-state index contributed by atoms with van der Waals surface area (Å²) < 4.78 is 0. The molecular formula is C16H17NOS. The Kier molecular flexibility index (Phi) is 5.04. The number of rotatable bonds is 5. The van der Waals surface area contributed by atoms with Crippen molar-refractivity contribution < 1.29 is 4.79 Å². The fourth-order valence-electron chi connectivity index (χ4n) is 1.71. The molecule has 0 aliphatic carbocycles. The van der Waals surface area contributed by atoms with Gasteiger partial charge in [0, 0.05) is 10.6 Å². The van der Waals surface area contributed by atoms with Gasteiger partial charge >= 0.3 is 0 Å². The van der Waals surface area contributed by atoms with E-state index < -0.39 is 0 Å². The monoisotopic (exact) mass is 271 g/mol. The summed E-state index contributed by atoms with van der Waals surface area (Å²) in [5.74, 6) is 0.973. The second kappa shape index (κ2) is 7.00. The molecule has 0 spiro atoms. The van der Waals surface area contributed by atoms with Crippen LogP contribution in [0.3, 0.4) is 0 Å². The zero-order valence-corrected chi connectivity index (χ0v) is 11.7. The van der Waals surface area contributed by atoms with Crippen molar-refractivity contribution in [1.82, 2.24) is 0 Å². The molecular weight excluding hydrogens is 254 g/mol. The molecule has 98 valence electrons. The van der Waals surface area contributed by atoms with Gasteiger partial charge in [0.25, 0.3) is 5.91 Å². The van der Waals surface area contributed by atoms with Gasteiger partial charge in [-0.2, -0.15) is 0 Å². The van der Waals surface area contributed by atoms with Crippen molar-refractivity contribution in [2.45, 2.75) is 18.2 Å². The van der Waals surface area contributed by atoms with E-state index in [1.807, 2.05) is 54.6 Å². The summed E-state index contributed by atoms with van der Waals surface area (Å²) >= 11 is 1.73. The van der Waals surface area contributed by atoms with Crippen molar-refractivity contribution in [3.05, 3.63) is 60.2 Å². The van der Waals surface area contributed by atoms with Gasteiger partial charge in [0.05, 0.1) is 5.56 Å². The Balaban J connectivity index is 2.14. The first-order valence-corrected chi connectivity index (χ1v) is 7.38. The molecule has 19 heavy (non-hydrogen) atoms. The third-order valence-corrected chi connectivity index (χ3v) is 3.90. The quantitative estimate of drug-likeness (QED) is 0.814. The van der Waals surface area contributed by atoms with Crippen LogP contribution in [-0.4, -0.2) is 11.7 Å². The molecule has 0 aliphatic rings. The molecule has 1 N–H and O–H groups in total. The maximum absolute atomic E-state index is 12.3. The number of carbonyl (C=O) groups is 1. The fraction of sp³-hybridized carbons (Fsp3) is 0.188. The summed E-state index contributed by atoms with van der Waals surface area (Å²) in [5.41, 5.74) is 1.56. The predicted molar refractivity (Wildman–Crippen MR) is 81.9 cm³/mol. The Labute approximate surface area is 118 Å². The first-order valence-electron chi connectivity index (χ1n) is 6.39. The molecule has 3 heteroatoms. The number of amides is 1. The molecule has 0 radical (unpaired) electrons. The molecule has 0 fully saturated rings. The molecule has 0 unspecified atom stereocenters. The molecule has 0 aromatic heterocycles. The summed E-state index contributed by atoms with van der Waals surface area (Å²) in [6.07, 6.45) is 1.10. The number of anilines is 1. The van der Waals surface area contributed by atoms with Gasteiger partial charge in [-0.15, -0.1) is 11.8 Å². The molecule has 1 amide bonds. The highest BCUT2D eigenvalue weighted by atomic mass is 32.2. The molecule has 2 nitrogen and oxygen atoms in total. The summed E-state index contributed by atoms with van der Waals surface area (Å²) in [4.78, 5) is 13.3. The minimum Gasteiger partial charge on any atom is -0.322 e. The van der Waals surface area contributed by atoms with E-state index in [4.69, 9.17) is 0 Å². The van der Waals surface area contributed by atoms with Crippen LogP contribution in [0.15, 0.2) is 59.5 Å². The SMILES string of the molecule is CCCSc1ccccc1C(=O)Nc1ccccc1. The number of nitrogens with one attached hydrogen (secondary N) is 1. The Hall–Kier alpha value is -1.74. The van der Waals surface area contributed by atoms with Gasteiger partial charge in [0.2, 0.25) is 0 Å². The third kappa shape index (κ3) is 3.86. The molecule has 2 aromatic rings. The molecule has 2 aromatic carbocycles. The minimum absolute atomic E-state index is 0.0506. The average molecular weight is 271 g/mol. The van der Waals surface area contributed by atoms with Gasteiger partial charge in [-0.05, 0) is 36.4 Å². The largest absolute Gasteiger partial charge is 0.322 e. The van der Waals surface area contributed by atoms with Crippen LogP contribution < -0.4 is 5.32 Å². The van der Waals surface area contributed by atoms with Gasteiger partial charge in [0.15, 0.2) is 0 Å². The van der Waals surface area contributed by atoms with Crippen LogP contribution >= 0.6 is 11.8 Å². The van der Waals surface area contributed by atoms with Crippen molar-refractivity contribution >= 4 is 23.4 Å². The van der Waals surface area contributed by atoms with Crippen molar-refractivity contribution in [3.8, 4) is 0 Å². The lowest BCUT2D eigenvalue weighted by atomic mass is 10.2. The number of thioether (sulfide) groups is 1. The third-order valence-electron chi connectivity index (χ3n) is 2.63. The number of hydrogen-bond donors (Lipinski definition) is 1. The van der Waals surface area contributed by atoms with Gasteiger partial charge in [-0.3, -0.25) is 4.79 Å². The Morgan fingerprint density at radius 3 is 2.47 bits per heavy atom. The van der Waals surface area contributed by atoms with E-state index >= 15 is 0 Å². The topological polar surface area (TPSA) is 29.1 Å². The van der Waals surface area contributed by atoms with Crippen LogP contribution in [0.1, 0.15) is 23.7 Å². The predicted octanol–water partition coefficient (Wildman–Crippen LogP) is 4.44. The van der Waals surface area contributed by atoms with Crippen molar-refractivity contribution in [1.29, 1.82) is 0 Å². The Morgan fingerprint density at radius 2 is 1.74 bits per heavy atom. The standard InChI is InChI=1S/C16H17NOS/c1-2-12-19-15-11-7-6-10-14(15)16(18)17-13-8-4-3-5-9-13/h3-11H,2,12H2,1H3,(H,17,18). The van der Waals surface area contributed by atoms with Gasteiger partial charge in [-0.1, -0.05) is 37.3 Å². The maximum Gasteiger partial charge on any atom is 0.256 e. The lowest BCUT2D eigenvalue weighted by Gasteiger charge is -2.09. The van der Waals surface area contributed by atoms with E-state index in [2.05, 4.69) is 12.2 Å². The number of para-hydroxylation sites is 1. The van der Waals surface area contributed by atoms with Gasteiger partial charge in [0.1, 0.15) is 0 Å². The van der Waals surface area contributed by atoms with Crippen molar-refractivity contribution in [2.24, 2.45) is 0 Å². The zero-order chi connectivity index (χ0) is 13.5. The van der Waals surface area contributed by atoms with Crippen LogP contribution in [0.5, 0.6) is 0 Å². The molecule has 0 aliphatic heterocycles. The van der Waals surface area contributed by atoms with Crippen LogP contribution in [0, 0.1) is 0 Å². The van der Waals surface area contributed by atoms with E-state index in [0.717, 1.165) is 28.3 Å². The molecule has 0 saturated carbocycles. The van der Waals surface area contributed by atoms with E-state index in [9.17, 15) is 4.79 Å². The Morgan fingerprint density at radius 1 is 1.05 bits per heavy atom. The summed E-state index contributed by atoms with van der Waals surface area (Å²) in [6.45, 7) is 2.14. The van der Waals surface area contributed by atoms with Crippen LogP contribution in [0.4, 0.5) is 5.69 Å². The number of hydrogen-bond acceptors (Lipinski definition) is 2. The summed E-state index contributed by atoms with van der Waals surface area (Å²) in [5, 5.41) is 2.92. The van der Waals surface area contributed by atoms with Gasteiger partial charge in [-0.25, -0.2) is 0 Å². The van der Waals surface area contributed by atoms with E-state index in [1.54, 1.807) is 11.8 Å². The molecule has 0 saturated heterocycles. The minimum atomic E-state index is -0.0506. The van der Waals surface area contributed by atoms with Crippen LogP contribution in [-0.2, 0) is 0 Å². The molecule has 0 atom stereocenters. The lowest BCUT2D eigenvalue weighted by Crippen LogP contribution is -2.12. The zero-order valence-electron chi connectivity index (χ0n) is 10.9. The smallest absolute Gasteiger partial charge is 0.256 e. The highest BCUT2D eigenvalue weighted by Crippen LogP contribution is 2.24. The number of carbonyl (C=O) groups excluding carboxylic acids is 1.